The molecule has 96 valence electrons. The first-order valence-corrected chi connectivity index (χ1v) is 6.03. The average molecular weight is 249 g/mol. The molecule has 3 nitrogen and oxygen atoms in total. The smallest absolute Gasteiger partial charge is 0.226 e. The Labute approximate surface area is 105 Å². The van der Waals surface area contributed by atoms with Gasteiger partial charge in [-0.05, 0) is 32.2 Å². The number of amides is 1. The van der Waals surface area contributed by atoms with E-state index in [2.05, 4.69) is 24.5 Å². The molecule has 1 aliphatic rings. The summed E-state index contributed by atoms with van der Waals surface area (Å²) < 4.78 is 0. The van der Waals surface area contributed by atoms with Gasteiger partial charge in [-0.2, -0.15) is 0 Å². The van der Waals surface area contributed by atoms with Crippen molar-refractivity contribution < 1.29 is 4.79 Å². The first kappa shape index (κ1) is 15.7. The van der Waals surface area contributed by atoms with Crippen molar-refractivity contribution in [3.05, 3.63) is 0 Å². The minimum atomic E-state index is -0.0259. The van der Waals surface area contributed by atoms with Crippen LogP contribution < -0.4 is 10.6 Å². The molecule has 0 spiro atoms. The molecular weight excluding hydrogens is 224 g/mol. The summed E-state index contributed by atoms with van der Waals surface area (Å²) in [6, 6.07) is 0. The fraction of sp³-hybridized carbons (Fsp3) is 0.917. The first-order valence-electron chi connectivity index (χ1n) is 6.03. The van der Waals surface area contributed by atoms with Gasteiger partial charge in [0.15, 0.2) is 0 Å². The standard InChI is InChI=1S/C12H24N2O.ClH/c1-10(2)9-12(5-4-6-12)11(15)14-8-7-13-3;/h10,13H,4-9H2,1-3H3,(H,14,15);1H. The van der Waals surface area contributed by atoms with Gasteiger partial charge in [0, 0.05) is 18.5 Å². The Morgan fingerprint density at radius 3 is 2.31 bits per heavy atom. The van der Waals surface area contributed by atoms with Gasteiger partial charge >= 0.3 is 0 Å². The molecule has 0 aromatic rings. The minimum absolute atomic E-state index is 0. The third kappa shape index (κ3) is 3.95. The van der Waals surface area contributed by atoms with E-state index in [0.29, 0.717) is 5.92 Å². The monoisotopic (exact) mass is 248 g/mol. The molecule has 1 aliphatic carbocycles. The van der Waals surface area contributed by atoms with Gasteiger partial charge in [0.25, 0.3) is 0 Å². The van der Waals surface area contributed by atoms with E-state index < -0.39 is 0 Å². The summed E-state index contributed by atoms with van der Waals surface area (Å²) in [5.41, 5.74) is -0.0259. The van der Waals surface area contributed by atoms with Crippen molar-refractivity contribution in [3.63, 3.8) is 0 Å². The molecule has 1 amide bonds. The van der Waals surface area contributed by atoms with Crippen LogP contribution in [-0.4, -0.2) is 26.0 Å². The molecule has 1 saturated carbocycles. The Hall–Kier alpha value is -0.280. The third-order valence-electron chi connectivity index (χ3n) is 3.25. The van der Waals surface area contributed by atoms with Crippen molar-refractivity contribution in [2.24, 2.45) is 11.3 Å². The Balaban J connectivity index is 0.00000225. The maximum atomic E-state index is 12.0. The molecule has 0 bridgehead atoms. The van der Waals surface area contributed by atoms with Gasteiger partial charge < -0.3 is 10.6 Å². The largest absolute Gasteiger partial charge is 0.354 e. The Morgan fingerprint density at radius 2 is 1.94 bits per heavy atom. The summed E-state index contributed by atoms with van der Waals surface area (Å²) in [6.45, 7) is 5.99. The predicted molar refractivity (Wildman–Crippen MR) is 69.9 cm³/mol. The summed E-state index contributed by atoms with van der Waals surface area (Å²) in [7, 11) is 1.90. The van der Waals surface area contributed by atoms with E-state index in [9.17, 15) is 4.79 Å². The van der Waals surface area contributed by atoms with Gasteiger partial charge in [-0.25, -0.2) is 0 Å². The minimum Gasteiger partial charge on any atom is -0.354 e. The quantitative estimate of drug-likeness (QED) is 0.706. The lowest BCUT2D eigenvalue weighted by atomic mass is 9.64. The van der Waals surface area contributed by atoms with Crippen LogP contribution in [0.3, 0.4) is 0 Å². The fourth-order valence-corrected chi connectivity index (χ4v) is 2.40. The number of halogens is 1. The topological polar surface area (TPSA) is 41.1 Å². The second kappa shape index (κ2) is 7.13. The van der Waals surface area contributed by atoms with Crippen LogP contribution in [0, 0.1) is 11.3 Å². The van der Waals surface area contributed by atoms with Crippen LogP contribution in [0.25, 0.3) is 0 Å². The van der Waals surface area contributed by atoms with Crippen molar-refractivity contribution in [2.75, 3.05) is 20.1 Å². The summed E-state index contributed by atoms with van der Waals surface area (Å²) in [6.07, 6.45) is 4.41. The molecule has 1 fully saturated rings. The number of rotatable bonds is 6. The highest BCUT2D eigenvalue weighted by Gasteiger charge is 2.43. The first-order chi connectivity index (χ1) is 7.10. The lowest BCUT2D eigenvalue weighted by molar-refractivity contribution is -0.137. The van der Waals surface area contributed by atoms with Crippen molar-refractivity contribution in [3.8, 4) is 0 Å². The van der Waals surface area contributed by atoms with Crippen LogP contribution in [-0.2, 0) is 4.79 Å². The van der Waals surface area contributed by atoms with Crippen LogP contribution in [0.5, 0.6) is 0 Å². The Bertz CT molecular complexity index is 215. The van der Waals surface area contributed by atoms with E-state index in [4.69, 9.17) is 0 Å². The number of likely N-dealkylation sites (N-methyl/N-ethyl adjacent to an activating group) is 1. The summed E-state index contributed by atoms with van der Waals surface area (Å²) >= 11 is 0. The number of hydrogen-bond donors (Lipinski definition) is 2. The molecule has 0 unspecified atom stereocenters. The normalized spacial score (nSPS) is 17.5. The lowest BCUT2D eigenvalue weighted by Crippen LogP contribution is -2.47. The van der Waals surface area contributed by atoms with Gasteiger partial charge in [0.2, 0.25) is 5.91 Å². The van der Waals surface area contributed by atoms with Crippen molar-refractivity contribution >= 4 is 18.3 Å². The number of hydrogen-bond acceptors (Lipinski definition) is 2. The molecule has 0 radical (unpaired) electrons. The molecular formula is C12H25ClN2O. The zero-order valence-electron chi connectivity index (χ0n) is 10.6. The van der Waals surface area contributed by atoms with E-state index in [0.717, 1.165) is 32.4 Å². The van der Waals surface area contributed by atoms with E-state index >= 15 is 0 Å². The SMILES string of the molecule is CNCCNC(=O)C1(CC(C)C)CCC1.Cl. The van der Waals surface area contributed by atoms with Crippen molar-refractivity contribution in [2.45, 2.75) is 39.5 Å². The van der Waals surface area contributed by atoms with Gasteiger partial charge in [-0.1, -0.05) is 20.3 Å². The predicted octanol–water partition coefficient (Wildman–Crippen LogP) is 1.96. The lowest BCUT2D eigenvalue weighted by Gasteiger charge is -2.41. The van der Waals surface area contributed by atoms with E-state index in [1.807, 2.05) is 7.05 Å². The average Bonchev–Trinajstić information content (AvgIpc) is 2.11. The van der Waals surface area contributed by atoms with Gasteiger partial charge in [0.1, 0.15) is 0 Å². The third-order valence-corrected chi connectivity index (χ3v) is 3.25. The zero-order valence-corrected chi connectivity index (χ0v) is 11.5. The molecule has 0 aliphatic heterocycles. The molecule has 0 atom stereocenters. The molecule has 0 aromatic carbocycles. The molecule has 1 rings (SSSR count). The summed E-state index contributed by atoms with van der Waals surface area (Å²) in [4.78, 5) is 12.0. The summed E-state index contributed by atoms with van der Waals surface area (Å²) in [5, 5.41) is 6.07. The van der Waals surface area contributed by atoms with E-state index in [1.54, 1.807) is 0 Å². The van der Waals surface area contributed by atoms with Crippen LogP contribution in [0.1, 0.15) is 39.5 Å². The second-order valence-electron chi connectivity index (χ2n) is 5.09. The van der Waals surface area contributed by atoms with Crippen LogP contribution >= 0.6 is 12.4 Å². The maximum absolute atomic E-state index is 12.0. The van der Waals surface area contributed by atoms with Crippen LogP contribution in [0.15, 0.2) is 0 Å². The number of carbonyl (C=O) groups excluding carboxylic acids is 1. The number of carbonyl (C=O) groups is 1. The number of nitrogens with one attached hydrogen (secondary N) is 2. The Kier molecular flexibility index (Phi) is 7.00. The maximum Gasteiger partial charge on any atom is 0.226 e. The molecule has 0 heterocycles. The highest BCUT2D eigenvalue weighted by atomic mass is 35.5. The second-order valence-corrected chi connectivity index (χ2v) is 5.09. The van der Waals surface area contributed by atoms with E-state index in [-0.39, 0.29) is 23.7 Å². The summed E-state index contributed by atoms with van der Waals surface area (Å²) in [5.74, 6) is 0.887. The van der Waals surface area contributed by atoms with Crippen molar-refractivity contribution in [1.29, 1.82) is 0 Å². The fourth-order valence-electron chi connectivity index (χ4n) is 2.40. The van der Waals surface area contributed by atoms with Gasteiger partial charge in [0.05, 0.1) is 0 Å². The van der Waals surface area contributed by atoms with Crippen LogP contribution in [0.2, 0.25) is 0 Å². The molecule has 2 N–H and O–H groups in total. The highest BCUT2D eigenvalue weighted by molar-refractivity contribution is 5.85. The van der Waals surface area contributed by atoms with E-state index in [1.165, 1.54) is 6.42 Å². The molecule has 4 heteroatoms. The Morgan fingerprint density at radius 1 is 1.31 bits per heavy atom. The van der Waals surface area contributed by atoms with Crippen molar-refractivity contribution in [1.82, 2.24) is 10.6 Å². The molecule has 0 saturated heterocycles. The highest BCUT2D eigenvalue weighted by Crippen LogP contribution is 2.45. The van der Waals surface area contributed by atoms with Gasteiger partial charge in [-0.15, -0.1) is 12.4 Å². The van der Waals surface area contributed by atoms with Gasteiger partial charge in [-0.3, -0.25) is 4.79 Å². The zero-order chi connectivity index (χ0) is 11.3. The molecule has 0 aromatic heterocycles. The molecule has 16 heavy (non-hydrogen) atoms. The van der Waals surface area contributed by atoms with Crippen LogP contribution in [0.4, 0.5) is 0 Å².